The maximum Gasteiger partial charge on any atom is 0.0931 e. The number of thiophene rings is 1. The van der Waals surface area contributed by atoms with Crippen molar-refractivity contribution in [3.05, 3.63) is 37.7 Å². The van der Waals surface area contributed by atoms with Crippen molar-refractivity contribution in [1.29, 1.82) is 0 Å². The summed E-state index contributed by atoms with van der Waals surface area (Å²) in [4.78, 5) is 1.04. The van der Waals surface area contributed by atoms with Gasteiger partial charge in [-0.05, 0) is 35.0 Å². The second-order valence-corrected chi connectivity index (χ2v) is 5.91. The van der Waals surface area contributed by atoms with Gasteiger partial charge in [0.05, 0.1) is 26.7 Å². The average molecular weight is 321 g/mol. The number of hydrogen-bond acceptors (Lipinski definition) is 3. The molecule has 0 aromatic carbocycles. The largest absolute Gasteiger partial charge is 0.318 e. The van der Waals surface area contributed by atoms with Crippen LogP contribution in [0.25, 0.3) is 0 Å². The molecule has 0 fully saturated rings. The van der Waals surface area contributed by atoms with Gasteiger partial charge in [0, 0.05) is 11.4 Å². The summed E-state index contributed by atoms with van der Waals surface area (Å²) in [6.07, 6.45) is 1.77. The molecule has 0 aliphatic heterocycles. The van der Waals surface area contributed by atoms with Gasteiger partial charge in [0.1, 0.15) is 0 Å². The van der Waals surface area contributed by atoms with Crippen LogP contribution >= 0.6 is 38.9 Å². The van der Waals surface area contributed by atoms with Gasteiger partial charge in [0.2, 0.25) is 0 Å². The lowest BCUT2D eigenvalue weighted by Crippen LogP contribution is -2.16. The summed E-state index contributed by atoms with van der Waals surface area (Å²) < 4.78 is 3.58. The van der Waals surface area contributed by atoms with Crippen molar-refractivity contribution in [2.24, 2.45) is 5.73 Å². The highest BCUT2D eigenvalue weighted by molar-refractivity contribution is 9.10. The summed E-state index contributed by atoms with van der Waals surface area (Å²) >= 11 is 10.9. The Hall–Kier alpha value is -0.360. The van der Waals surface area contributed by atoms with E-state index >= 15 is 0 Å². The Kier molecular flexibility index (Phi) is 3.69. The van der Waals surface area contributed by atoms with Crippen molar-refractivity contribution in [3.8, 4) is 0 Å². The van der Waals surface area contributed by atoms with Crippen LogP contribution < -0.4 is 5.73 Å². The molecular weight excluding hydrogens is 310 g/mol. The molecule has 1 unspecified atom stereocenters. The Morgan fingerprint density at radius 3 is 2.94 bits per heavy atom. The SMILES string of the molecule is CCn1ncc(Br)c1C(N)c1ccc(Cl)s1. The van der Waals surface area contributed by atoms with Gasteiger partial charge in [-0.3, -0.25) is 4.68 Å². The summed E-state index contributed by atoms with van der Waals surface area (Å²) in [6, 6.07) is 3.63. The molecule has 0 saturated heterocycles. The summed E-state index contributed by atoms with van der Waals surface area (Å²) in [7, 11) is 0. The number of aromatic nitrogens is 2. The van der Waals surface area contributed by atoms with Crippen LogP contribution in [0.1, 0.15) is 23.5 Å². The van der Waals surface area contributed by atoms with E-state index in [0.717, 1.165) is 25.9 Å². The number of rotatable bonds is 3. The maximum absolute atomic E-state index is 6.21. The topological polar surface area (TPSA) is 43.8 Å². The van der Waals surface area contributed by atoms with E-state index in [9.17, 15) is 0 Å². The molecule has 86 valence electrons. The van der Waals surface area contributed by atoms with Crippen LogP contribution in [0.15, 0.2) is 22.8 Å². The molecular formula is C10H11BrClN3S. The van der Waals surface area contributed by atoms with E-state index in [1.165, 1.54) is 11.3 Å². The molecule has 0 radical (unpaired) electrons. The van der Waals surface area contributed by atoms with Gasteiger partial charge in [0.15, 0.2) is 0 Å². The standard InChI is InChI=1S/C10H11BrClN3S/c1-2-15-10(6(11)5-14-15)9(13)7-3-4-8(12)16-7/h3-5,9H,2,13H2,1H3. The van der Waals surface area contributed by atoms with Gasteiger partial charge in [-0.25, -0.2) is 0 Å². The minimum absolute atomic E-state index is 0.186. The number of halogens is 2. The van der Waals surface area contributed by atoms with Crippen molar-refractivity contribution < 1.29 is 0 Å². The maximum atomic E-state index is 6.21. The molecule has 0 amide bonds. The first kappa shape index (κ1) is 12.1. The molecule has 2 N–H and O–H groups in total. The Morgan fingerprint density at radius 1 is 1.62 bits per heavy atom. The van der Waals surface area contributed by atoms with Gasteiger partial charge >= 0.3 is 0 Å². The van der Waals surface area contributed by atoms with E-state index in [4.69, 9.17) is 17.3 Å². The Morgan fingerprint density at radius 2 is 2.38 bits per heavy atom. The Bertz CT molecular complexity index is 494. The monoisotopic (exact) mass is 319 g/mol. The molecule has 2 rings (SSSR count). The lowest BCUT2D eigenvalue weighted by Gasteiger charge is -2.12. The molecule has 16 heavy (non-hydrogen) atoms. The minimum Gasteiger partial charge on any atom is -0.318 e. The normalized spacial score (nSPS) is 13.0. The van der Waals surface area contributed by atoms with E-state index in [1.54, 1.807) is 6.20 Å². The molecule has 0 aliphatic rings. The molecule has 3 nitrogen and oxygen atoms in total. The quantitative estimate of drug-likeness (QED) is 0.941. The fourth-order valence-corrected chi connectivity index (χ4v) is 3.17. The van der Waals surface area contributed by atoms with Gasteiger partial charge in [0.25, 0.3) is 0 Å². The van der Waals surface area contributed by atoms with E-state index in [-0.39, 0.29) is 6.04 Å². The third-order valence-electron chi connectivity index (χ3n) is 2.33. The van der Waals surface area contributed by atoms with Crippen molar-refractivity contribution in [3.63, 3.8) is 0 Å². The molecule has 0 saturated carbocycles. The number of hydrogen-bond donors (Lipinski definition) is 1. The Balaban J connectivity index is 2.40. The highest BCUT2D eigenvalue weighted by atomic mass is 79.9. The first-order chi connectivity index (χ1) is 7.63. The van der Waals surface area contributed by atoms with E-state index in [1.807, 2.05) is 23.7 Å². The predicted molar refractivity (Wildman–Crippen MR) is 71.0 cm³/mol. The number of nitrogens with two attached hydrogens (primary N) is 1. The third-order valence-corrected chi connectivity index (χ3v) is 4.25. The second-order valence-electron chi connectivity index (χ2n) is 3.31. The van der Waals surface area contributed by atoms with Crippen molar-refractivity contribution in [2.45, 2.75) is 19.5 Å². The summed E-state index contributed by atoms with van der Waals surface area (Å²) in [5.74, 6) is 0. The van der Waals surface area contributed by atoms with Crippen molar-refractivity contribution in [2.75, 3.05) is 0 Å². The zero-order valence-electron chi connectivity index (χ0n) is 8.65. The molecule has 1 atom stereocenters. The van der Waals surface area contributed by atoms with Gasteiger partial charge < -0.3 is 5.73 Å². The average Bonchev–Trinajstić information content (AvgIpc) is 2.83. The molecule has 0 aliphatic carbocycles. The fourth-order valence-electron chi connectivity index (χ4n) is 1.56. The molecule has 6 heteroatoms. The minimum atomic E-state index is -0.186. The number of aryl methyl sites for hydroxylation is 1. The highest BCUT2D eigenvalue weighted by Crippen LogP contribution is 2.32. The van der Waals surface area contributed by atoms with E-state index in [0.29, 0.717) is 0 Å². The lowest BCUT2D eigenvalue weighted by molar-refractivity contribution is 0.602. The van der Waals surface area contributed by atoms with Crippen molar-refractivity contribution in [1.82, 2.24) is 9.78 Å². The first-order valence-electron chi connectivity index (χ1n) is 4.85. The highest BCUT2D eigenvalue weighted by Gasteiger charge is 2.19. The zero-order valence-corrected chi connectivity index (χ0v) is 11.8. The smallest absolute Gasteiger partial charge is 0.0931 e. The second kappa shape index (κ2) is 4.87. The van der Waals surface area contributed by atoms with Crippen LogP contribution in [-0.4, -0.2) is 9.78 Å². The number of nitrogens with zero attached hydrogens (tertiary/aromatic N) is 2. The Labute approximate surface area is 111 Å². The van der Waals surface area contributed by atoms with Crippen LogP contribution in [-0.2, 0) is 6.54 Å². The van der Waals surface area contributed by atoms with Gasteiger partial charge in [-0.1, -0.05) is 11.6 Å². The third kappa shape index (κ3) is 2.18. The van der Waals surface area contributed by atoms with Gasteiger partial charge in [-0.15, -0.1) is 11.3 Å². The molecule has 2 aromatic heterocycles. The van der Waals surface area contributed by atoms with E-state index < -0.39 is 0 Å². The predicted octanol–water partition coefficient (Wildman–Crippen LogP) is 3.43. The fraction of sp³-hybridized carbons (Fsp3) is 0.300. The first-order valence-corrected chi connectivity index (χ1v) is 6.84. The van der Waals surface area contributed by atoms with E-state index in [2.05, 4.69) is 21.0 Å². The lowest BCUT2D eigenvalue weighted by atomic mass is 10.2. The van der Waals surface area contributed by atoms with Crippen LogP contribution in [0, 0.1) is 0 Å². The summed E-state index contributed by atoms with van der Waals surface area (Å²) in [5, 5.41) is 4.25. The van der Waals surface area contributed by atoms with Crippen LogP contribution in [0.2, 0.25) is 4.34 Å². The molecule has 2 heterocycles. The molecule has 2 aromatic rings. The molecule has 0 bridgehead atoms. The van der Waals surface area contributed by atoms with Crippen LogP contribution in [0.5, 0.6) is 0 Å². The zero-order chi connectivity index (χ0) is 11.7. The van der Waals surface area contributed by atoms with Gasteiger partial charge in [-0.2, -0.15) is 5.10 Å². The van der Waals surface area contributed by atoms with Crippen LogP contribution in [0.3, 0.4) is 0 Å². The summed E-state index contributed by atoms with van der Waals surface area (Å²) in [5.41, 5.74) is 7.20. The molecule has 0 spiro atoms. The summed E-state index contributed by atoms with van der Waals surface area (Å²) in [6.45, 7) is 2.84. The van der Waals surface area contributed by atoms with Crippen molar-refractivity contribution >= 4 is 38.9 Å². The van der Waals surface area contributed by atoms with Crippen LogP contribution in [0.4, 0.5) is 0 Å².